The highest BCUT2D eigenvalue weighted by Crippen LogP contribution is 2.14. The number of carbonyl (C=O) groups excluding carboxylic acids is 1. The van der Waals surface area contributed by atoms with Crippen LogP contribution in [0.5, 0.6) is 0 Å². The monoisotopic (exact) mass is 334 g/mol. The number of hydrogen-bond acceptors (Lipinski definition) is 5. The molecule has 130 valence electrons. The lowest BCUT2D eigenvalue weighted by Gasteiger charge is -2.34. The third kappa shape index (κ3) is 4.19. The van der Waals surface area contributed by atoms with Crippen molar-refractivity contribution >= 4 is 11.6 Å². The van der Waals surface area contributed by atoms with Gasteiger partial charge in [0, 0.05) is 18.2 Å². The number of rotatable bonds is 7. The van der Waals surface area contributed by atoms with Gasteiger partial charge in [0.25, 0.3) is 11.2 Å². The zero-order valence-corrected chi connectivity index (χ0v) is 14.4. The lowest BCUT2D eigenvalue weighted by Crippen LogP contribution is -2.46. The van der Waals surface area contributed by atoms with E-state index in [1.165, 1.54) is 0 Å². The molecule has 2 atom stereocenters. The maximum absolute atomic E-state index is 12.7. The molecule has 0 fully saturated rings. The summed E-state index contributed by atoms with van der Waals surface area (Å²) in [5.41, 5.74) is -1.45. The summed E-state index contributed by atoms with van der Waals surface area (Å²) in [4.78, 5) is 36.8. The average Bonchev–Trinajstić information content (AvgIpc) is 2.55. The second-order valence-corrected chi connectivity index (χ2v) is 5.73. The fraction of sp³-hybridized carbons (Fsp3) is 0.562. The first kappa shape index (κ1) is 19.4. The van der Waals surface area contributed by atoms with Crippen molar-refractivity contribution < 1.29 is 9.72 Å². The van der Waals surface area contributed by atoms with Crippen molar-refractivity contribution in [1.29, 1.82) is 5.26 Å². The van der Waals surface area contributed by atoms with Crippen molar-refractivity contribution in [2.24, 2.45) is 0 Å². The Morgan fingerprint density at radius 2 is 1.92 bits per heavy atom. The lowest BCUT2D eigenvalue weighted by atomic mass is 10.1. The topological polar surface area (TPSA) is 109 Å². The van der Waals surface area contributed by atoms with Crippen LogP contribution in [-0.4, -0.2) is 32.4 Å². The summed E-state index contributed by atoms with van der Waals surface area (Å²) in [5, 5.41) is 19.9. The number of aromatic nitrogens is 1. The van der Waals surface area contributed by atoms with Crippen molar-refractivity contribution in [3.05, 3.63) is 38.3 Å². The number of amides is 1. The smallest absolute Gasteiger partial charge is 0.287 e. The Hall–Kier alpha value is -2.69. The number of nitriles is 1. The maximum atomic E-state index is 12.7. The lowest BCUT2D eigenvalue weighted by molar-refractivity contribution is -0.385. The Balaban J connectivity index is 3.26. The van der Waals surface area contributed by atoms with E-state index < -0.39 is 16.2 Å². The van der Waals surface area contributed by atoms with Gasteiger partial charge in [-0.25, -0.2) is 0 Å². The molecule has 0 aliphatic rings. The summed E-state index contributed by atoms with van der Waals surface area (Å²) in [6.07, 6.45) is 2.51. The molecule has 0 saturated carbocycles. The number of carbonyl (C=O) groups is 1. The molecule has 1 heterocycles. The molecule has 1 aromatic rings. The van der Waals surface area contributed by atoms with E-state index in [1.807, 2.05) is 27.7 Å². The van der Waals surface area contributed by atoms with E-state index >= 15 is 0 Å². The Morgan fingerprint density at radius 3 is 2.33 bits per heavy atom. The molecule has 8 nitrogen and oxygen atoms in total. The summed E-state index contributed by atoms with van der Waals surface area (Å²) in [6.45, 7) is 7.42. The van der Waals surface area contributed by atoms with E-state index in [9.17, 15) is 19.7 Å². The van der Waals surface area contributed by atoms with Crippen LogP contribution in [0.1, 0.15) is 46.1 Å². The van der Waals surface area contributed by atoms with Crippen LogP contribution in [0.25, 0.3) is 0 Å². The molecular formula is C16H22N4O4. The largest absolute Gasteiger partial charge is 0.336 e. The number of hydrogen-bond donors (Lipinski definition) is 0. The van der Waals surface area contributed by atoms with E-state index in [1.54, 1.807) is 11.0 Å². The molecule has 24 heavy (non-hydrogen) atoms. The van der Waals surface area contributed by atoms with E-state index in [-0.39, 0.29) is 30.1 Å². The van der Waals surface area contributed by atoms with E-state index in [0.29, 0.717) is 0 Å². The Morgan fingerprint density at radius 1 is 1.38 bits per heavy atom. The van der Waals surface area contributed by atoms with Gasteiger partial charge in [-0.15, -0.1) is 0 Å². The van der Waals surface area contributed by atoms with E-state index in [4.69, 9.17) is 5.26 Å². The minimum absolute atomic E-state index is 0.0164. The third-order valence-corrected chi connectivity index (χ3v) is 4.13. The highest BCUT2D eigenvalue weighted by molar-refractivity contribution is 5.76. The Labute approximate surface area is 140 Å². The van der Waals surface area contributed by atoms with Gasteiger partial charge in [0.2, 0.25) is 5.91 Å². The van der Waals surface area contributed by atoms with Crippen LogP contribution in [0.3, 0.4) is 0 Å². The van der Waals surface area contributed by atoms with E-state index in [0.717, 1.165) is 29.7 Å². The third-order valence-electron chi connectivity index (χ3n) is 4.13. The first-order chi connectivity index (χ1) is 11.3. The molecule has 0 aliphatic carbocycles. The quantitative estimate of drug-likeness (QED) is 0.560. The molecule has 0 spiro atoms. The second kappa shape index (κ2) is 8.24. The van der Waals surface area contributed by atoms with Gasteiger partial charge in [-0.1, -0.05) is 13.8 Å². The van der Waals surface area contributed by atoms with Crippen LogP contribution < -0.4 is 5.56 Å². The Bertz CT molecular complexity index is 710. The molecule has 1 aromatic heterocycles. The number of nitrogens with zero attached hydrogens (tertiary/aromatic N) is 4. The molecular weight excluding hydrogens is 312 g/mol. The average molecular weight is 334 g/mol. The molecule has 0 aromatic carbocycles. The van der Waals surface area contributed by atoms with Gasteiger partial charge < -0.3 is 4.90 Å². The maximum Gasteiger partial charge on any atom is 0.287 e. The molecule has 1 rings (SSSR count). The fourth-order valence-electron chi connectivity index (χ4n) is 2.46. The molecule has 0 aliphatic heterocycles. The second-order valence-electron chi connectivity index (χ2n) is 5.73. The first-order valence-corrected chi connectivity index (χ1v) is 7.86. The number of pyridine rings is 1. The van der Waals surface area contributed by atoms with Crippen LogP contribution in [0, 0.1) is 21.4 Å². The zero-order chi connectivity index (χ0) is 18.4. The van der Waals surface area contributed by atoms with Crippen molar-refractivity contribution in [2.45, 2.75) is 59.2 Å². The van der Waals surface area contributed by atoms with Crippen molar-refractivity contribution in [3.8, 4) is 6.07 Å². The first-order valence-electron chi connectivity index (χ1n) is 7.86. The van der Waals surface area contributed by atoms with Gasteiger partial charge in [0.15, 0.2) is 0 Å². The van der Waals surface area contributed by atoms with Crippen molar-refractivity contribution in [2.75, 3.05) is 0 Å². The minimum atomic E-state index is -0.704. The van der Waals surface area contributed by atoms with Crippen molar-refractivity contribution in [1.82, 2.24) is 9.47 Å². The highest BCUT2D eigenvalue weighted by Gasteiger charge is 2.25. The predicted octanol–water partition coefficient (Wildman–Crippen LogP) is 2.05. The van der Waals surface area contributed by atoms with Crippen LogP contribution in [-0.2, 0) is 11.3 Å². The van der Waals surface area contributed by atoms with Gasteiger partial charge >= 0.3 is 0 Å². The molecule has 0 unspecified atom stereocenters. The molecule has 0 bridgehead atoms. The van der Waals surface area contributed by atoms with Gasteiger partial charge in [0.1, 0.15) is 18.2 Å². The van der Waals surface area contributed by atoms with Crippen LogP contribution in [0.15, 0.2) is 17.1 Å². The van der Waals surface area contributed by atoms with Gasteiger partial charge in [-0.3, -0.25) is 24.3 Å². The molecule has 8 heteroatoms. The van der Waals surface area contributed by atoms with Gasteiger partial charge in [-0.2, -0.15) is 5.26 Å². The van der Waals surface area contributed by atoms with Crippen LogP contribution >= 0.6 is 0 Å². The molecule has 0 N–H and O–H groups in total. The molecule has 0 radical (unpaired) electrons. The number of nitro groups is 1. The molecule has 0 saturated heterocycles. The molecule has 1 amide bonds. The zero-order valence-electron chi connectivity index (χ0n) is 14.4. The Kier molecular flexibility index (Phi) is 6.65. The minimum Gasteiger partial charge on any atom is -0.336 e. The van der Waals surface area contributed by atoms with Crippen LogP contribution in [0.2, 0.25) is 0 Å². The van der Waals surface area contributed by atoms with Gasteiger partial charge in [0.05, 0.1) is 11.1 Å². The summed E-state index contributed by atoms with van der Waals surface area (Å²) in [5.74, 6) is -0.301. The van der Waals surface area contributed by atoms with Crippen LogP contribution in [0.4, 0.5) is 5.69 Å². The standard InChI is InChI=1S/C16H22N4O4/c1-5-11(3)19(12(4)6-2)15(21)10-18-9-14(20(23)24)7-13(8-17)16(18)22/h7,9,11-12H,5-6,10H2,1-4H3/t11-,12-/m0/s1. The fourth-order valence-corrected chi connectivity index (χ4v) is 2.46. The summed E-state index contributed by atoms with van der Waals surface area (Å²) in [6, 6.07) is 2.53. The van der Waals surface area contributed by atoms with E-state index in [2.05, 4.69) is 0 Å². The summed E-state index contributed by atoms with van der Waals surface area (Å²) in [7, 11) is 0. The van der Waals surface area contributed by atoms with Gasteiger partial charge in [-0.05, 0) is 26.7 Å². The highest BCUT2D eigenvalue weighted by atomic mass is 16.6. The van der Waals surface area contributed by atoms with Crippen molar-refractivity contribution in [3.63, 3.8) is 0 Å². The predicted molar refractivity (Wildman–Crippen MR) is 88.4 cm³/mol. The normalized spacial score (nSPS) is 13.0. The summed E-state index contributed by atoms with van der Waals surface area (Å²) >= 11 is 0. The SMILES string of the molecule is CC[C@H](C)N(C(=O)Cn1cc([N+](=O)[O-])cc(C#N)c1=O)[C@@H](C)CC. The summed E-state index contributed by atoms with van der Waals surface area (Å²) < 4.78 is 0.941.